The lowest BCUT2D eigenvalue weighted by Crippen LogP contribution is -2.24. The van der Waals surface area contributed by atoms with E-state index in [2.05, 4.69) is 17.6 Å². The standard InChI is InChI=1S/C11H10N2OS2/c14-10-5-7(15)6-13(10)11-12-8-3-1-2-4-9(8)16-11/h1-4,7,15H,5-6H2. The van der Waals surface area contributed by atoms with Gasteiger partial charge in [0.15, 0.2) is 5.13 Å². The van der Waals surface area contributed by atoms with Crippen LogP contribution in [0.1, 0.15) is 6.42 Å². The summed E-state index contributed by atoms with van der Waals surface area (Å²) in [4.78, 5) is 17.9. The number of amides is 1. The Bertz CT molecular complexity index is 519. The molecule has 1 aliphatic rings. The second-order valence-corrected chi connectivity index (χ2v) is 5.57. The van der Waals surface area contributed by atoms with Crippen LogP contribution in [0.5, 0.6) is 0 Å². The summed E-state index contributed by atoms with van der Waals surface area (Å²) in [5, 5.41) is 0.933. The minimum atomic E-state index is 0.124. The van der Waals surface area contributed by atoms with Crippen LogP contribution in [-0.2, 0) is 4.79 Å². The number of rotatable bonds is 1. The molecule has 0 aliphatic carbocycles. The molecule has 0 spiro atoms. The van der Waals surface area contributed by atoms with Crippen LogP contribution in [0.3, 0.4) is 0 Å². The summed E-state index contributed by atoms with van der Waals surface area (Å²) in [5.74, 6) is 0.124. The molecule has 0 N–H and O–H groups in total. The zero-order valence-corrected chi connectivity index (χ0v) is 10.2. The predicted octanol–water partition coefficient (Wildman–Crippen LogP) is 2.33. The Morgan fingerprint density at radius 2 is 2.25 bits per heavy atom. The first-order valence-electron chi connectivity index (χ1n) is 5.08. The normalized spacial score (nSPS) is 20.9. The number of fused-ring (bicyclic) bond motifs is 1. The van der Waals surface area contributed by atoms with Gasteiger partial charge in [0.05, 0.1) is 10.2 Å². The molecule has 0 saturated carbocycles. The van der Waals surface area contributed by atoms with E-state index >= 15 is 0 Å². The Balaban J connectivity index is 2.03. The van der Waals surface area contributed by atoms with E-state index in [1.54, 1.807) is 16.2 Å². The summed E-state index contributed by atoms with van der Waals surface area (Å²) in [7, 11) is 0. The molecule has 1 aliphatic heterocycles. The van der Waals surface area contributed by atoms with Gasteiger partial charge in [0.1, 0.15) is 0 Å². The van der Waals surface area contributed by atoms with Crippen LogP contribution in [0, 0.1) is 0 Å². The topological polar surface area (TPSA) is 33.2 Å². The molecular formula is C11H10N2OS2. The minimum absolute atomic E-state index is 0.124. The number of thiol groups is 1. The van der Waals surface area contributed by atoms with Crippen molar-refractivity contribution >= 4 is 45.2 Å². The number of thiazole rings is 1. The maximum Gasteiger partial charge on any atom is 0.229 e. The van der Waals surface area contributed by atoms with E-state index in [4.69, 9.17) is 0 Å². The fraction of sp³-hybridized carbons (Fsp3) is 0.273. The molecule has 1 fully saturated rings. The highest BCUT2D eigenvalue weighted by Gasteiger charge is 2.30. The van der Waals surface area contributed by atoms with Gasteiger partial charge >= 0.3 is 0 Å². The van der Waals surface area contributed by atoms with Crippen molar-refractivity contribution in [3.05, 3.63) is 24.3 Å². The van der Waals surface area contributed by atoms with Crippen molar-refractivity contribution in [3.63, 3.8) is 0 Å². The van der Waals surface area contributed by atoms with Gasteiger partial charge in [-0.15, -0.1) is 0 Å². The highest BCUT2D eigenvalue weighted by atomic mass is 32.1. The lowest BCUT2D eigenvalue weighted by atomic mass is 10.3. The Hall–Kier alpha value is -1.07. The van der Waals surface area contributed by atoms with E-state index in [-0.39, 0.29) is 11.2 Å². The molecule has 82 valence electrons. The van der Waals surface area contributed by atoms with Crippen molar-refractivity contribution in [2.45, 2.75) is 11.7 Å². The number of carbonyl (C=O) groups excluding carboxylic acids is 1. The van der Waals surface area contributed by atoms with Crippen molar-refractivity contribution in [3.8, 4) is 0 Å². The summed E-state index contributed by atoms with van der Waals surface area (Å²) in [6.45, 7) is 0.668. The molecule has 0 bridgehead atoms. The number of para-hydroxylation sites is 1. The maximum atomic E-state index is 11.7. The van der Waals surface area contributed by atoms with Gasteiger partial charge in [0.2, 0.25) is 5.91 Å². The Labute approximate surface area is 103 Å². The Kier molecular flexibility index (Phi) is 2.37. The summed E-state index contributed by atoms with van der Waals surface area (Å²) in [5.41, 5.74) is 0.956. The molecule has 1 aromatic carbocycles. The molecule has 5 heteroatoms. The van der Waals surface area contributed by atoms with Crippen LogP contribution in [0.15, 0.2) is 24.3 Å². The minimum Gasteiger partial charge on any atom is -0.287 e. The van der Waals surface area contributed by atoms with Crippen LogP contribution in [-0.4, -0.2) is 22.7 Å². The molecular weight excluding hydrogens is 240 g/mol. The quantitative estimate of drug-likeness (QED) is 0.788. The van der Waals surface area contributed by atoms with Gasteiger partial charge in [-0.2, -0.15) is 12.6 Å². The van der Waals surface area contributed by atoms with Crippen molar-refractivity contribution in [1.82, 2.24) is 4.98 Å². The molecule has 3 rings (SSSR count). The average molecular weight is 250 g/mol. The highest BCUT2D eigenvalue weighted by molar-refractivity contribution is 7.81. The molecule has 1 aromatic heterocycles. The van der Waals surface area contributed by atoms with Crippen LogP contribution < -0.4 is 4.90 Å². The summed E-state index contributed by atoms with van der Waals surface area (Å²) in [6.07, 6.45) is 0.513. The zero-order chi connectivity index (χ0) is 11.1. The summed E-state index contributed by atoms with van der Waals surface area (Å²) in [6, 6.07) is 7.93. The van der Waals surface area contributed by atoms with Gasteiger partial charge in [-0.25, -0.2) is 4.98 Å². The fourth-order valence-electron chi connectivity index (χ4n) is 1.85. The van der Waals surface area contributed by atoms with Crippen molar-refractivity contribution in [2.75, 3.05) is 11.4 Å². The van der Waals surface area contributed by atoms with Crippen LogP contribution in [0.4, 0.5) is 5.13 Å². The molecule has 1 saturated heterocycles. The molecule has 16 heavy (non-hydrogen) atoms. The van der Waals surface area contributed by atoms with E-state index in [0.29, 0.717) is 13.0 Å². The van der Waals surface area contributed by atoms with Gasteiger partial charge in [-0.3, -0.25) is 9.69 Å². The van der Waals surface area contributed by atoms with Crippen LogP contribution in [0.25, 0.3) is 10.2 Å². The summed E-state index contributed by atoms with van der Waals surface area (Å²) < 4.78 is 1.12. The molecule has 2 heterocycles. The number of hydrogen-bond acceptors (Lipinski definition) is 4. The Morgan fingerprint density at radius 3 is 2.94 bits per heavy atom. The van der Waals surface area contributed by atoms with E-state index in [0.717, 1.165) is 15.3 Å². The monoisotopic (exact) mass is 250 g/mol. The molecule has 0 radical (unpaired) electrons. The Morgan fingerprint density at radius 1 is 1.44 bits per heavy atom. The fourth-order valence-corrected chi connectivity index (χ4v) is 3.16. The third-order valence-corrected chi connectivity index (χ3v) is 4.02. The van der Waals surface area contributed by atoms with Gasteiger partial charge in [-0.05, 0) is 12.1 Å². The molecule has 1 atom stereocenters. The first-order chi connectivity index (χ1) is 7.74. The number of carbonyl (C=O) groups is 1. The van der Waals surface area contributed by atoms with Crippen molar-refractivity contribution in [1.29, 1.82) is 0 Å². The SMILES string of the molecule is O=C1CC(S)CN1c1nc2ccccc2s1. The lowest BCUT2D eigenvalue weighted by Gasteiger charge is -2.10. The van der Waals surface area contributed by atoms with E-state index in [1.165, 1.54) is 0 Å². The van der Waals surface area contributed by atoms with Gasteiger partial charge < -0.3 is 0 Å². The molecule has 1 unspecified atom stereocenters. The molecule has 1 amide bonds. The second-order valence-electron chi connectivity index (χ2n) is 3.83. The third-order valence-electron chi connectivity index (χ3n) is 2.62. The third kappa shape index (κ3) is 1.60. The maximum absolute atomic E-state index is 11.7. The zero-order valence-electron chi connectivity index (χ0n) is 8.46. The summed E-state index contributed by atoms with van der Waals surface area (Å²) >= 11 is 5.90. The van der Waals surface area contributed by atoms with Crippen molar-refractivity contribution in [2.24, 2.45) is 0 Å². The smallest absolute Gasteiger partial charge is 0.229 e. The van der Waals surface area contributed by atoms with Crippen molar-refractivity contribution < 1.29 is 4.79 Å². The van der Waals surface area contributed by atoms with E-state index in [1.807, 2.05) is 24.3 Å². The van der Waals surface area contributed by atoms with E-state index in [9.17, 15) is 4.79 Å². The predicted molar refractivity (Wildman–Crippen MR) is 69.4 cm³/mol. The van der Waals surface area contributed by atoms with Crippen LogP contribution >= 0.6 is 24.0 Å². The number of aromatic nitrogens is 1. The largest absolute Gasteiger partial charge is 0.287 e. The lowest BCUT2D eigenvalue weighted by molar-refractivity contribution is -0.117. The van der Waals surface area contributed by atoms with Gasteiger partial charge in [0, 0.05) is 18.2 Å². The first kappa shape index (κ1) is 10.1. The average Bonchev–Trinajstić information content (AvgIpc) is 2.81. The molecule has 2 aromatic rings. The van der Waals surface area contributed by atoms with Crippen LogP contribution in [0.2, 0.25) is 0 Å². The number of hydrogen-bond donors (Lipinski definition) is 1. The number of benzene rings is 1. The highest BCUT2D eigenvalue weighted by Crippen LogP contribution is 2.31. The second kappa shape index (κ2) is 3.75. The molecule has 3 nitrogen and oxygen atoms in total. The van der Waals surface area contributed by atoms with Gasteiger partial charge in [-0.1, -0.05) is 23.5 Å². The van der Waals surface area contributed by atoms with E-state index < -0.39 is 0 Å². The number of nitrogens with zero attached hydrogens (tertiary/aromatic N) is 2. The van der Waals surface area contributed by atoms with Gasteiger partial charge in [0.25, 0.3) is 0 Å². The number of anilines is 1. The first-order valence-corrected chi connectivity index (χ1v) is 6.41.